The SMILES string of the molecule is C=Cc1c[c]c(OCCCC)cc1. The minimum Gasteiger partial charge on any atom is -0.493 e. The Morgan fingerprint density at radius 1 is 1.54 bits per heavy atom. The van der Waals surface area contributed by atoms with Crippen molar-refractivity contribution in [3.05, 3.63) is 36.4 Å². The van der Waals surface area contributed by atoms with Gasteiger partial charge in [0.1, 0.15) is 5.75 Å². The second-order valence-corrected chi connectivity index (χ2v) is 2.89. The third-order valence-electron chi connectivity index (χ3n) is 1.80. The van der Waals surface area contributed by atoms with Crippen molar-refractivity contribution < 1.29 is 4.74 Å². The highest BCUT2D eigenvalue weighted by Crippen LogP contribution is 2.12. The molecule has 1 rings (SSSR count). The Hall–Kier alpha value is -1.24. The van der Waals surface area contributed by atoms with Crippen LogP contribution in [-0.4, -0.2) is 6.61 Å². The molecule has 0 aliphatic carbocycles. The summed E-state index contributed by atoms with van der Waals surface area (Å²) >= 11 is 0. The smallest absolute Gasteiger partial charge is 0.127 e. The molecule has 0 heterocycles. The molecule has 69 valence electrons. The zero-order chi connectivity index (χ0) is 9.52. The molecule has 1 aromatic carbocycles. The number of rotatable bonds is 5. The molecule has 1 radical (unpaired) electrons. The van der Waals surface area contributed by atoms with E-state index >= 15 is 0 Å². The van der Waals surface area contributed by atoms with Gasteiger partial charge in [0.05, 0.1) is 6.61 Å². The maximum Gasteiger partial charge on any atom is 0.127 e. The van der Waals surface area contributed by atoms with E-state index in [0.29, 0.717) is 0 Å². The van der Waals surface area contributed by atoms with Gasteiger partial charge in [0.2, 0.25) is 0 Å². The van der Waals surface area contributed by atoms with E-state index in [4.69, 9.17) is 4.74 Å². The van der Waals surface area contributed by atoms with Crippen molar-refractivity contribution in [1.82, 2.24) is 0 Å². The molecule has 0 atom stereocenters. The van der Waals surface area contributed by atoms with Gasteiger partial charge in [-0.3, -0.25) is 0 Å². The van der Waals surface area contributed by atoms with Crippen LogP contribution < -0.4 is 4.74 Å². The van der Waals surface area contributed by atoms with Gasteiger partial charge in [0.25, 0.3) is 0 Å². The minimum atomic E-state index is 0.778. The highest BCUT2D eigenvalue weighted by Gasteiger charge is 1.92. The molecule has 0 N–H and O–H groups in total. The second-order valence-electron chi connectivity index (χ2n) is 2.89. The van der Waals surface area contributed by atoms with Crippen LogP contribution in [0.1, 0.15) is 25.3 Å². The summed E-state index contributed by atoms with van der Waals surface area (Å²) in [7, 11) is 0. The molecule has 0 aliphatic heterocycles. The van der Waals surface area contributed by atoms with Gasteiger partial charge in [0, 0.05) is 6.07 Å². The first-order valence-corrected chi connectivity index (χ1v) is 4.63. The van der Waals surface area contributed by atoms with Crippen LogP contribution in [0.3, 0.4) is 0 Å². The fraction of sp³-hybridized carbons (Fsp3) is 0.333. The summed E-state index contributed by atoms with van der Waals surface area (Å²) in [6.45, 7) is 6.60. The fourth-order valence-corrected chi connectivity index (χ4v) is 0.966. The lowest BCUT2D eigenvalue weighted by Gasteiger charge is -2.04. The Morgan fingerprint density at radius 2 is 2.38 bits per heavy atom. The molecule has 1 nitrogen and oxygen atoms in total. The Kier molecular flexibility index (Phi) is 4.10. The van der Waals surface area contributed by atoms with E-state index in [1.807, 2.05) is 18.2 Å². The van der Waals surface area contributed by atoms with Gasteiger partial charge >= 0.3 is 0 Å². The Morgan fingerprint density at radius 3 is 2.92 bits per heavy atom. The van der Waals surface area contributed by atoms with Crippen LogP contribution >= 0.6 is 0 Å². The predicted octanol–water partition coefficient (Wildman–Crippen LogP) is 3.31. The molecule has 1 heteroatoms. The van der Waals surface area contributed by atoms with Crippen LogP contribution in [-0.2, 0) is 0 Å². The summed E-state index contributed by atoms with van der Waals surface area (Å²) < 4.78 is 5.46. The average molecular weight is 175 g/mol. The van der Waals surface area contributed by atoms with E-state index in [2.05, 4.69) is 19.6 Å². The van der Waals surface area contributed by atoms with E-state index in [-0.39, 0.29) is 0 Å². The zero-order valence-corrected chi connectivity index (χ0v) is 8.05. The molecule has 0 saturated carbocycles. The van der Waals surface area contributed by atoms with Crippen molar-refractivity contribution in [2.24, 2.45) is 0 Å². The van der Waals surface area contributed by atoms with Gasteiger partial charge in [-0.05, 0) is 24.1 Å². The Balaban J connectivity index is 2.44. The third kappa shape index (κ3) is 3.32. The molecule has 0 bridgehead atoms. The summed E-state index contributed by atoms with van der Waals surface area (Å²) in [6, 6.07) is 8.84. The standard InChI is InChI=1S/C12H15O/c1-3-5-10-13-12-8-6-11(4-2)7-9-12/h4,6-8H,2-3,5,10H2,1H3. The maximum atomic E-state index is 5.46. The van der Waals surface area contributed by atoms with E-state index in [1.165, 1.54) is 0 Å². The first-order chi connectivity index (χ1) is 6.36. The number of benzene rings is 1. The van der Waals surface area contributed by atoms with Crippen LogP contribution in [0.4, 0.5) is 0 Å². The lowest BCUT2D eigenvalue weighted by Crippen LogP contribution is -1.96. The lowest BCUT2D eigenvalue weighted by molar-refractivity contribution is 0.309. The topological polar surface area (TPSA) is 9.23 Å². The van der Waals surface area contributed by atoms with Crippen molar-refractivity contribution >= 4 is 6.08 Å². The number of hydrogen-bond acceptors (Lipinski definition) is 1. The molecule has 0 unspecified atom stereocenters. The minimum absolute atomic E-state index is 0.778. The van der Waals surface area contributed by atoms with E-state index in [1.54, 1.807) is 6.08 Å². The van der Waals surface area contributed by atoms with E-state index in [0.717, 1.165) is 30.8 Å². The van der Waals surface area contributed by atoms with Gasteiger partial charge in [0.15, 0.2) is 0 Å². The zero-order valence-electron chi connectivity index (χ0n) is 8.05. The molecule has 13 heavy (non-hydrogen) atoms. The van der Waals surface area contributed by atoms with Crippen LogP contribution in [0.25, 0.3) is 6.08 Å². The van der Waals surface area contributed by atoms with Crippen molar-refractivity contribution in [3.8, 4) is 5.75 Å². The van der Waals surface area contributed by atoms with Gasteiger partial charge < -0.3 is 4.74 Å². The van der Waals surface area contributed by atoms with Crippen molar-refractivity contribution in [1.29, 1.82) is 0 Å². The largest absolute Gasteiger partial charge is 0.493 e. The number of ether oxygens (including phenoxy) is 1. The first kappa shape index (κ1) is 9.85. The third-order valence-corrected chi connectivity index (χ3v) is 1.80. The first-order valence-electron chi connectivity index (χ1n) is 4.63. The second kappa shape index (κ2) is 5.41. The molecule has 1 aromatic rings. The summed E-state index contributed by atoms with van der Waals surface area (Å²) in [5.41, 5.74) is 1.07. The number of hydrogen-bond donors (Lipinski definition) is 0. The van der Waals surface area contributed by atoms with E-state index < -0.39 is 0 Å². The van der Waals surface area contributed by atoms with Crippen LogP contribution in [0.5, 0.6) is 5.75 Å². The molecular weight excluding hydrogens is 160 g/mol. The van der Waals surface area contributed by atoms with Crippen LogP contribution in [0.15, 0.2) is 24.8 Å². The number of unbranched alkanes of at least 4 members (excludes halogenated alkanes) is 1. The van der Waals surface area contributed by atoms with Gasteiger partial charge in [-0.15, -0.1) is 0 Å². The molecule has 0 spiro atoms. The molecule has 0 aromatic heterocycles. The maximum absolute atomic E-state index is 5.46. The quantitative estimate of drug-likeness (QED) is 0.624. The normalized spacial score (nSPS) is 9.62. The van der Waals surface area contributed by atoms with Crippen molar-refractivity contribution in [3.63, 3.8) is 0 Å². The summed E-state index contributed by atoms with van der Waals surface area (Å²) in [5, 5.41) is 0. The van der Waals surface area contributed by atoms with Crippen LogP contribution in [0, 0.1) is 6.07 Å². The highest BCUT2D eigenvalue weighted by molar-refractivity contribution is 5.47. The molecule has 0 aliphatic rings. The summed E-state index contributed by atoms with van der Waals surface area (Å²) in [5.74, 6) is 0.819. The fourth-order valence-electron chi connectivity index (χ4n) is 0.966. The monoisotopic (exact) mass is 175 g/mol. The molecule has 0 amide bonds. The van der Waals surface area contributed by atoms with E-state index in [9.17, 15) is 0 Å². The predicted molar refractivity (Wildman–Crippen MR) is 55.8 cm³/mol. The Labute approximate surface area is 80.0 Å². The van der Waals surface area contributed by atoms with Gasteiger partial charge in [-0.1, -0.05) is 32.1 Å². The van der Waals surface area contributed by atoms with Crippen molar-refractivity contribution in [2.75, 3.05) is 6.61 Å². The molecule has 0 fully saturated rings. The average Bonchev–Trinajstić information content (AvgIpc) is 2.19. The molecular formula is C12H15O. The van der Waals surface area contributed by atoms with Crippen molar-refractivity contribution in [2.45, 2.75) is 19.8 Å². The Bertz CT molecular complexity index is 248. The lowest BCUT2D eigenvalue weighted by atomic mass is 10.2. The molecule has 0 saturated heterocycles. The van der Waals surface area contributed by atoms with Crippen LogP contribution in [0.2, 0.25) is 0 Å². The highest BCUT2D eigenvalue weighted by atomic mass is 16.5. The summed E-state index contributed by atoms with van der Waals surface area (Å²) in [6.07, 6.45) is 4.05. The van der Waals surface area contributed by atoms with Gasteiger partial charge in [-0.25, -0.2) is 0 Å². The summed E-state index contributed by atoms with van der Waals surface area (Å²) in [4.78, 5) is 0. The van der Waals surface area contributed by atoms with Gasteiger partial charge in [-0.2, -0.15) is 0 Å².